The van der Waals surface area contributed by atoms with Crippen molar-refractivity contribution in [2.24, 2.45) is 5.92 Å². The van der Waals surface area contributed by atoms with Gasteiger partial charge in [-0.1, -0.05) is 55.1 Å². The van der Waals surface area contributed by atoms with Gasteiger partial charge in [-0.15, -0.1) is 11.8 Å². The number of allylic oxidation sites excluding steroid dienone is 1. The van der Waals surface area contributed by atoms with Crippen LogP contribution in [0.2, 0.25) is 0 Å². The van der Waals surface area contributed by atoms with Crippen LogP contribution in [0.4, 0.5) is 0 Å². The van der Waals surface area contributed by atoms with Crippen LogP contribution in [0.5, 0.6) is 5.75 Å². The van der Waals surface area contributed by atoms with E-state index in [-0.39, 0.29) is 23.1 Å². The molecule has 0 amide bonds. The van der Waals surface area contributed by atoms with E-state index in [4.69, 9.17) is 4.74 Å². The number of carbonyl (C=O) groups is 1. The maximum Gasteiger partial charge on any atom is 0.175 e. The maximum atomic E-state index is 13.2. The highest BCUT2D eigenvalue weighted by Gasteiger charge is 2.44. The zero-order chi connectivity index (χ0) is 15.8. The number of Topliss-reactive ketones (excluding diaryl/α,β-unsaturated/α-hetero) is 1. The number of benzene rings is 2. The second-order valence-electron chi connectivity index (χ2n) is 5.77. The minimum atomic E-state index is -0.284. The van der Waals surface area contributed by atoms with Gasteiger partial charge < -0.3 is 4.74 Å². The Morgan fingerprint density at radius 3 is 2.48 bits per heavy atom. The first kappa shape index (κ1) is 14.3. The van der Waals surface area contributed by atoms with Crippen molar-refractivity contribution >= 4 is 17.5 Å². The monoisotopic (exact) mass is 320 g/mol. The first-order chi connectivity index (χ1) is 11.3. The van der Waals surface area contributed by atoms with Crippen LogP contribution in [0.15, 0.2) is 78.2 Å². The molecule has 0 aromatic heterocycles. The molecule has 2 aliphatic heterocycles. The van der Waals surface area contributed by atoms with E-state index in [1.54, 1.807) is 11.8 Å². The van der Waals surface area contributed by atoms with Gasteiger partial charge in [-0.2, -0.15) is 0 Å². The van der Waals surface area contributed by atoms with Gasteiger partial charge in [0.25, 0.3) is 0 Å². The second kappa shape index (κ2) is 5.74. The van der Waals surface area contributed by atoms with Gasteiger partial charge in [0.05, 0.1) is 11.5 Å². The third-order valence-corrected chi connectivity index (χ3v) is 5.54. The van der Waals surface area contributed by atoms with E-state index in [9.17, 15) is 4.79 Å². The summed E-state index contributed by atoms with van der Waals surface area (Å²) < 4.78 is 6.26. The molecule has 0 saturated heterocycles. The van der Waals surface area contributed by atoms with Gasteiger partial charge in [-0.3, -0.25) is 4.79 Å². The topological polar surface area (TPSA) is 26.3 Å². The summed E-state index contributed by atoms with van der Waals surface area (Å²) in [6, 6.07) is 17.5. The molecule has 0 spiro atoms. The molecule has 114 valence electrons. The van der Waals surface area contributed by atoms with E-state index < -0.39 is 0 Å². The molecule has 0 fully saturated rings. The normalized spacial score (nSPS) is 26.0. The van der Waals surface area contributed by atoms with E-state index >= 15 is 0 Å². The fourth-order valence-electron chi connectivity index (χ4n) is 3.22. The first-order valence-electron chi connectivity index (χ1n) is 7.61. The van der Waals surface area contributed by atoms with Crippen LogP contribution >= 0.6 is 11.8 Å². The summed E-state index contributed by atoms with van der Waals surface area (Å²) in [5.74, 6) is 0.548. The Hall–Kier alpha value is -2.26. The molecule has 2 unspecified atom stereocenters. The lowest BCUT2D eigenvalue weighted by Crippen LogP contribution is -2.38. The average molecular weight is 320 g/mol. The molecule has 2 nitrogen and oxygen atoms in total. The lowest BCUT2D eigenvalue weighted by molar-refractivity contribution is 0.0668. The number of rotatable bonds is 2. The number of thioether (sulfide) groups is 1. The average Bonchev–Trinajstić information content (AvgIpc) is 3.01. The molecule has 4 rings (SSSR count). The van der Waals surface area contributed by atoms with Crippen LogP contribution in [0.3, 0.4) is 0 Å². The number of carbonyl (C=O) groups excluding carboxylic acids is 1. The van der Waals surface area contributed by atoms with Crippen LogP contribution < -0.4 is 4.74 Å². The Labute approximate surface area is 139 Å². The van der Waals surface area contributed by atoms with Crippen molar-refractivity contribution in [2.75, 3.05) is 0 Å². The van der Waals surface area contributed by atoms with Crippen LogP contribution in [-0.2, 0) is 0 Å². The minimum absolute atomic E-state index is 0.0288. The SMILES string of the molecule is C=C1C=CSC1C1C(=O)c2ccccc2O[C@H]1c1ccccc1. The molecule has 2 aromatic rings. The van der Waals surface area contributed by atoms with E-state index in [0.717, 1.165) is 11.1 Å². The molecule has 0 N–H and O–H groups in total. The summed E-state index contributed by atoms with van der Waals surface area (Å²) in [6.07, 6.45) is 1.71. The lowest BCUT2D eigenvalue weighted by Gasteiger charge is -2.36. The molecule has 0 aliphatic carbocycles. The molecule has 2 heterocycles. The molecule has 0 bridgehead atoms. The zero-order valence-corrected chi connectivity index (χ0v) is 13.3. The summed E-state index contributed by atoms with van der Waals surface area (Å²) in [5.41, 5.74) is 2.68. The molecule has 2 aromatic carbocycles. The standard InChI is InChI=1S/C20H16O2S/c1-13-11-12-23-20(13)17-18(21)15-9-5-6-10-16(15)22-19(17)14-7-3-2-4-8-14/h2-12,17,19-20H,1H2/t17?,19-,20?/m0/s1. The van der Waals surface area contributed by atoms with Crippen LogP contribution in [0.1, 0.15) is 22.0 Å². The van der Waals surface area contributed by atoms with Gasteiger partial charge in [0.2, 0.25) is 0 Å². The van der Waals surface area contributed by atoms with Gasteiger partial charge >= 0.3 is 0 Å². The van der Waals surface area contributed by atoms with Crippen LogP contribution in [0, 0.1) is 5.92 Å². The van der Waals surface area contributed by atoms with Crippen molar-refractivity contribution in [1.29, 1.82) is 0 Å². The predicted molar refractivity (Wildman–Crippen MR) is 93.7 cm³/mol. The number of ketones is 1. The van der Waals surface area contributed by atoms with Crippen LogP contribution in [-0.4, -0.2) is 11.0 Å². The predicted octanol–water partition coefficient (Wildman–Crippen LogP) is 4.80. The van der Waals surface area contributed by atoms with Crippen molar-refractivity contribution in [2.45, 2.75) is 11.4 Å². The maximum absolute atomic E-state index is 13.2. The van der Waals surface area contributed by atoms with Crippen molar-refractivity contribution in [3.63, 3.8) is 0 Å². The third kappa shape index (κ3) is 2.41. The first-order valence-corrected chi connectivity index (χ1v) is 8.55. The van der Waals surface area contributed by atoms with Gasteiger partial charge in [0.15, 0.2) is 5.78 Å². The summed E-state index contributed by atoms with van der Waals surface area (Å²) in [5, 5.41) is 2.05. The Balaban J connectivity index is 1.82. The Morgan fingerprint density at radius 2 is 1.74 bits per heavy atom. The van der Waals surface area contributed by atoms with Gasteiger partial charge in [0.1, 0.15) is 11.9 Å². The summed E-state index contributed by atoms with van der Waals surface area (Å²) in [6.45, 7) is 4.11. The molecule has 0 saturated carbocycles. The lowest BCUT2D eigenvalue weighted by atomic mass is 9.81. The second-order valence-corrected chi connectivity index (χ2v) is 6.82. The molecular formula is C20H16O2S. The van der Waals surface area contributed by atoms with Crippen LogP contribution in [0.25, 0.3) is 0 Å². The minimum Gasteiger partial charge on any atom is -0.484 e. The van der Waals surface area contributed by atoms with E-state index in [1.165, 1.54) is 0 Å². The van der Waals surface area contributed by atoms with E-state index in [0.29, 0.717) is 11.3 Å². The summed E-state index contributed by atoms with van der Waals surface area (Å²) >= 11 is 1.65. The summed E-state index contributed by atoms with van der Waals surface area (Å²) in [7, 11) is 0. The number of hydrogen-bond donors (Lipinski definition) is 0. The number of ether oxygens (including phenoxy) is 1. The smallest absolute Gasteiger partial charge is 0.175 e. The van der Waals surface area contributed by atoms with Crippen molar-refractivity contribution in [3.8, 4) is 5.75 Å². The fraction of sp³-hybridized carbons (Fsp3) is 0.150. The highest BCUT2D eigenvalue weighted by molar-refractivity contribution is 8.03. The largest absolute Gasteiger partial charge is 0.484 e. The fourth-order valence-corrected chi connectivity index (χ4v) is 4.33. The highest BCUT2D eigenvalue weighted by Crippen LogP contribution is 2.46. The van der Waals surface area contributed by atoms with Crippen molar-refractivity contribution < 1.29 is 9.53 Å². The zero-order valence-electron chi connectivity index (χ0n) is 12.5. The molecule has 0 radical (unpaired) electrons. The Bertz CT molecular complexity index is 794. The number of para-hydroxylation sites is 1. The number of fused-ring (bicyclic) bond motifs is 1. The molecule has 3 atom stereocenters. The Morgan fingerprint density at radius 1 is 1.00 bits per heavy atom. The molecular weight excluding hydrogens is 304 g/mol. The molecule has 2 aliphatic rings. The van der Waals surface area contributed by atoms with E-state index in [1.807, 2.05) is 66.1 Å². The highest BCUT2D eigenvalue weighted by atomic mass is 32.2. The van der Waals surface area contributed by atoms with E-state index in [2.05, 4.69) is 6.58 Å². The quantitative estimate of drug-likeness (QED) is 0.794. The van der Waals surface area contributed by atoms with Crippen molar-refractivity contribution in [1.82, 2.24) is 0 Å². The van der Waals surface area contributed by atoms with Crippen molar-refractivity contribution in [3.05, 3.63) is 89.4 Å². The van der Waals surface area contributed by atoms with Gasteiger partial charge in [-0.25, -0.2) is 0 Å². The molecule has 23 heavy (non-hydrogen) atoms. The third-order valence-electron chi connectivity index (χ3n) is 4.36. The Kier molecular flexibility index (Phi) is 3.58. The summed E-state index contributed by atoms with van der Waals surface area (Å²) in [4.78, 5) is 13.2. The molecule has 3 heteroatoms. The number of hydrogen-bond acceptors (Lipinski definition) is 3. The van der Waals surface area contributed by atoms with Gasteiger partial charge in [0, 0.05) is 5.25 Å². The van der Waals surface area contributed by atoms with Gasteiger partial charge in [-0.05, 0) is 28.7 Å².